The van der Waals surface area contributed by atoms with E-state index in [1.54, 1.807) is 18.2 Å². The van der Waals surface area contributed by atoms with E-state index in [4.69, 9.17) is 11.6 Å². The standard InChI is InChI=1S/C16H14ClFN2O5S/c17-13-8-11(6-7-14(13)18)20-15(21)10-25-16(22)9-19-26(23,24)12-4-2-1-3-5-12/h1-8,19H,9-10H2,(H,20,21). The Kier molecular flexibility index (Phi) is 6.67. The Labute approximate surface area is 154 Å². The second kappa shape index (κ2) is 8.75. The summed E-state index contributed by atoms with van der Waals surface area (Å²) in [5.74, 6) is -2.26. The Morgan fingerprint density at radius 1 is 1.12 bits per heavy atom. The predicted octanol–water partition coefficient (Wildman–Crippen LogP) is 1.94. The van der Waals surface area contributed by atoms with Crippen molar-refractivity contribution in [2.75, 3.05) is 18.5 Å². The Hall–Kier alpha value is -2.49. The molecule has 0 saturated heterocycles. The van der Waals surface area contributed by atoms with E-state index in [1.807, 2.05) is 0 Å². The second-order valence-electron chi connectivity index (χ2n) is 4.98. The monoisotopic (exact) mass is 400 g/mol. The van der Waals surface area contributed by atoms with Crippen molar-refractivity contribution >= 4 is 39.2 Å². The van der Waals surface area contributed by atoms with E-state index < -0.39 is 40.9 Å². The Balaban J connectivity index is 1.79. The average molecular weight is 401 g/mol. The van der Waals surface area contributed by atoms with E-state index in [9.17, 15) is 22.4 Å². The van der Waals surface area contributed by atoms with Crippen molar-refractivity contribution in [2.45, 2.75) is 4.90 Å². The van der Waals surface area contributed by atoms with E-state index >= 15 is 0 Å². The van der Waals surface area contributed by atoms with Crippen molar-refractivity contribution in [1.82, 2.24) is 4.72 Å². The summed E-state index contributed by atoms with van der Waals surface area (Å²) >= 11 is 5.58. The van der Waals surface area contributed by atoms with E-state index in [1.165, 1.54) is 24.3 Å². The average Bonchev–Trinajstić information content (AvgIpc) is 2.62. The molecule has 2 N–H and O–H groups in total. The first kappa shape index (κ1) is 19.8. The maximum absolute atomic E-state index is 13.0. The zero-order chi connectivity index (χ0) is 19.2. The lowest BCUT2D eigenvalue weighted by molar-refractivity contribution is -0.146. The van der Waals surface area contributed by atoms with Crippen molar-refractivity contribution in [3.05, 3.63) is 59.4 Å². The van der Waals surface area contributed by atoms with E-state index in [2.05, 4.69) is 14.8 Å². The molecule has 2 aromatic rings. The Bertz CT molecular complexity index is 906. The second-order valence-corrected chi connectivity index (χ2v) is 7.15. The van der Waals surface area contributed by atoms with Crippen molar-refractivity contribution in [1.29, 1.82) is 0 Å². The first-order valence-corrected chi connectivity index (χ1v) is 9.09. The molecule has 0 fully saturated rings. The molecule has 0 bridgehead atoms. The van der Waals surface area contributed by atoms with E-state index in [0.29, 0.717) is 0 Å². The van der Waals surface area contributed by atoms with Gasteiger partial charge in [0.05, 0.1) is 9.92 Å². The summed E-state index contributed by atoms with van der Waals surface area (Å²) in [6.45, 7) is -1.27. The van der Waals surface area contributed by atoms with Crippen LogP contribution in [0.5, 0.6) is 0 Å². The van der Waals surface area contributed by atoms with Gasteiger partial charge < -0.3 is 10.1 Å². The van der Waals surface area contributed by atoms with Crippen LogP contribution < -0.4 is 10.0 Å². The molecule has 0 aliphatic rings. The quantitative estimate of drug-likeness (QED) is 0.691. The molecule has 0 saturated carbocycles. The summed E-state index contributed by atoms with van der Waals surface area (Å²) in [5.41, 5.74) is 0.224. The Morgan fingerprint density at radius 3 is 2.46 bits per heavy atom. The summed E-state index contributed by atoms with van der Waals surface area (Å²) < 4.78 is 43.6. The van der Waals surface area contributed by atoms with E-state index in [0.717, 1.165) is 6.07 Å². The highest BCUT2D eigenvalue weighted by Crippen LogP contribution is 2.19. The van der Waals surface area contributed by atoms with Gasteiger partial charge >= 0.3 is 5.97 Å². The molecule has 0 aromatic heterocycles. The van der Waals surface area contributed by atoms with Crippen LogP contribution in [0.15, 0.2) is 53.4 Å². The largest absolute Gasteiger partial charge is 0.455 e. The molecule has 26 heavy (non-hydrogen) atoms. The molecule has 10 heteroatoms. The summed E-state index contributed by atoms with van der Waals surface area (Å²) in [7, 11) is -3.85. The molecule has 0 spiro atoms. The number of amides is 1. The van der Waals surface area contributed by atoms with Crippen LogP contribution in [0.1, 0.15) is 0 Å². The van der Waals surface area contributed by atoms with Gasteiger partial charge in [0, 0.05) is 5.69 Å². The molecule has 1 amide bonds. The minimum absolute atomic E-state index is 0.00117. The number of carbonyl (C=O) groups excluding carboxylic acids is 2. The summed E-state index contributed by atoms with van der Waals surface area (Å²) in [4.78, 5) is 23.2. The number of nitrogens with one attached hydrogen (secondary N) is 2. The third kappa shape index (κ3) is 5.80. The number of hydrogen-bond donors (Lipinski definition) is 2. The highest BCUT2D eigenvalue weighted by molar-refractivity contribution is 7.89. The number of carbonyl (C=O) groups is 2. The zero-order valence-electron chi connectivity index (χ0n) is 13.2. The van der Waals surface area contributed by atoms with Crippen molar-refractivity contribution in [2.24, 2.45) is 0 Å². The van der Waals surface area contributed by atoms with Gasteiger partial charge in [-0.2, -0.15) is 4.72 Å². The fourth-order valence-electron chi connectivity index (χ4n) is 1.80. The van der Waals surface area contributed by atoms with Crippen LogP contribution in [-0.4, -0.2) is 33.4 Å². The number of hydrogen-bond acceptors (Lipinski definition) is 5. The molecular formula is C16H14ClFN2O5S. The van der Waals surface area contributed by atoms with Crippen LogP contribution in [0.4, 0.5) is 10.1 Å². The maximum atomic E-state index is 13.0. The molecule has 2 rings (SSSR count). The topological polar surface area (TPSA) is 102 Å². The molecule has 0 atom stereocenters. The third-order valence-corrected chi connectivity index (χ3v) is 4.73. The van der Waals surface area contributed by atoms with Gasteiger partial charge in [-0.05, 0) is 30.3 Å². The fraction of sp³-hybridized carbons (Fsp3) is 0.125. The van der Waals surface area contributed by atoms with Crippen LogP contribution in [0, 0.1) is 5.82 Å². The fourth-order valence-corrected chi connectivity index (χ4v) is 2.98. The minimum atomic E-state index is -3.85. The summed E-state index contributed by atoms with van der Waals surface area (Å²) in [5, 5.41) is 2.19. The van der Waals surface area contributed by atoms with Gasteiger partial charge in [0.15, 0.2) is 6.61 Å². The number of ether oxygens (including phenoxy) is 1. The molecule has 0 heterocycles. The van der Waals surface area contributed by atoms with Gasteiger partial charge in [0.25, 0.3) is 5.91 Å². The van der Waals surface area contributed by atoms with Gasteiger partial charge in [0.2, 0.25) is 10.0 Å². The van der Waals surface area contributed by atoms with Gasteiger partial charge in [-0.25, -0.2) is 12.8 Å². The lowest BCUT2D eigenvalue weighted by Crippen LogP contribution is -2.32. The molecule has 0 radical (unpaired) electrons. The molecule has 7 nitrogen and oxygen atoms in total. The highest BCUT2D eigenvalue weighted by Gasteiger charge is 2.16. The molecule has 0 aliphatic carbocycles. The van der Waals surface area contributed by atoms with Crippen molar-refractivity contribution in [3.63, 3.8) is 0 Å². The minimum Gasteiger partial charge on any atom is -0.455 e. The molecule has 0 unspecified atom stereocenters. The maximum Gasteiger partial charge on any atom is 0.321 e. The number of benzene rings is 2. The first-order chi connectivity index (χ1) is 12.3. The smallest absolute Gasteiger partial charge is 0.321 e. The van der Waals surface area contributed by atoms with Gasteiger partial charge in [0.1, 0.15) is 12.4 Å². The van der Waals surface area contributed by atoms with Gasteiger partial charge in [-0.1, -0.05) is 29.8 Å². The van der Waals surface area contributed by atoms with Crippen LogP contribution in [-0.2, 0) is 24.3 Å². The van der Waals surface area contributed by atoms with E-state index in [-0.39, 0.29) is 15.6 Å². The van der Waals surface area contributed by atoms with Crippen LogP contribution in [0.3, 0.4) is 0 Å². The van der Waals surface area contributed by atoms with Crippen LogP contribution in [0.25, 0.3) is 0 Å². The molecule has 138 valence electrons. The van der Waals surface area contributed by atoms with Gasteiger partial charge in [-0.15, -0.1) is 0 Å². The summed E-state index contributed by atoms with van der Waals surface area (Å²) in [6, 6.07) is 11.0. The molecule has 2 aromatic carbocycles. The molecular weight excluding hydrogens is 387 g/mol. The summed E-state index contributed by atoms with van der Waals surface area (Å²) in [6.07, 6.45) is 0. The lowest BCUT2D eigenvalue weighted by Gasteiger charge is -2.08. The third-order valence-electron chi connectivity index (χ3n) is 3.03. The number of halogens is 2. The Morgan fingerprint density at radius 2 is 1.81 bits per heavy atom. The van der Waals surface area contributed by atoms with Crippen LogP contribution >= 0.6 is 11.6 Å². The van der Waals surface area contributed by atoms with Crippen molar-refractivity contribution in [3.8, 4) is 0 Å². The predicted molar refractivity (Wildman–Crippen MR) is 92.6 cm³/mol. The van der Waals surface area contributed by atoms with Crippen LogP contribution in [0.2, 0.25) is 5.02 Å². The normalized spacial score (nSPS) is 11.0. The van der Waals surface area contributed by atoms with Gasteiger partial charge in [-0.3, -0.25) is 9.59 Å². The first-order valence-electron chi connectivity index (χ1n) is 7.23. The molecule has 0 aliphatic heterocycles. The lowest BCUT2D eigenvalue weighted by atomic mass is 10.3. The highest BCUT2D eigenvalue weighted by atomic mass is 35.5. The zero-order valence-corrected chi connectivity index (χ0v) is 14.8. The number of esters is 1. The van der Waals surface area contributed by atoms with Crippen molar-refractivity contribution < 1.29 is 27.1 Å². The SMILES string of the molecule is O=C(COC(=O)CNS(=O)(=O)c1ccccc1)Nc1ccc(F)c(Cl)c1. The number of anilines is 1. The number of sulfonamides is 1. The number of rotatable bonds is 7.